The summed E-state index contributed by atoms with van der Waals surface area (Å²) in [4.78, 5) is 0. The molecule has 0 aliphatic carbocycles. The highest BCUT2D eigenvalue weighted by atomic mass is 35.5. The molecule has 46 valence electrons. The zero-order valence-corrected chi connectivity index (χ0v) is 5.99. The predicted octanol–water partition coefficient (Wildman–Crippen LogP) is -0.177. The average Bonchev–Trinajstić information content (AvgIpc) is 1.36. The predicted molar refractivity (Wildman–Crippen MR) is 29.8 cm³/mol. The lowest BCUT2D eigenvalue weighted by Gasteiger charge is -2.14. The maximum Gasteiger partial charge on any atom is 0.0675 e. The number of hydrogen-bond donors (Lipinski definition) is 0. The van der Waals surface area contributed by atoms with Crippen LogP contribution in [0, 0.1) is 0 Å². The molecular weight excluding hydrogens is 114 g/mol. The summed E-state index contributed by atoms with van der Waals surface area (Å²) in [5.41, 5.74) is 0. The van der Waals surface area contributed by atoms with Gasteiger partial charge in [-0.05, 0) is 0 Å². The molecule has 0 N–H and O–H groups in total. The molecule has 0 heterocycles. The number of hydrogen-bond acceptors (Lipinski definition) is 1. The molecule has 0 saturated heterocycles. The van der Waals surface area contributed by atoms with Crippen molar-refractivity contribution in [2.75, 3.05) is 28.2 Å². The van der Waals surface area contributed by atoms with Crippen LogP contribution in [0.5, 0.6) is 0 Å². The first kappa shape index (κ1) is 10.2. The van der Waals surface area contributed by atoms with Crippen LogP contribution < -0.4 is 4.66 Å². The van der Waals surface area contributed by atoms with Crippen LogP contribution in [0.4, 0.5) is 0 Å². The molecule has 0 aliphatic rings. The maximum atomic E-state index is 7.72. The van der Waals surface area contributed by atoms with E-state index in [9.17, 15) is 0 Å². The van der Waals surface area contributed by atoms with Gasteiger partial charge in [0.05, 0.1) is 28.2 Å². The minimum atomic E-state index is 1.00. The second-order valence-corrected chi connectivity index (χ2v) is 2.68. The minimum Gasteiger partial charge on any atom is -0.769 e. The molecule has 3 heteroatoms. The summed E-state index contributed by atoms with van der Waals surface area (Å²) in [6.45, 7) is 0. The Morgan fingerprint density at radius 3 is 1.00 bits per heavy atom. The number of halogens is 1. The summed E-state index contributed by atoms with van der Waals surface area (Å²) < 4.78 is 8.72. The Morgan fingerprint density at radius 2 is 1.00 bits per heavy atom. The topological polar surface area (TPSA) is 23.1 Å². The first-order chi connectivity index (χ1) is 3.00. The van der Waals surface area contributed by atoms with Gasteiger partial charge in [0.25, 0.3) is 0 Å². The molecule has 0 saturated carbocycles. The number of quaternary nitrogens is 1. The highest BCUT2D eigenvalue weighted by Gasteiger charge is 1.88. The zero-order valence-electron chi connectivity index (χ0n) is 5.23. The van der Waals surface area contributed by atoms with Crippen molar-refractivity contribution >= 4 is 11.9 Å². The highest BCUT2D eigenvalue weighted by Crippen LogP contribution is 1.73. The fraction of sp³-hybridized carbons (Fsp3) is 1.00. The van der Waals surface area contributed by atoms with Gasteiger partial charge >= 0.3 is 0 Å². The van der Waals surface area contributed by atoms with E-state index in [1.807, 2.05) is 0 Å². The lowest BCUT2D eigenvalue weighted by atomic mass is 10.8. The van der Waals surface area contributed by atoms with Crippen molar-refractivity contribution in [3.05, 3.63) is 0 Å². The molecule has 0 atom stereocenters. The van der Waals surface area contributed by atoms with E-state index in [1.54, 1.807) is 0 Å². The quantitative estimate of drug-likeness (QED) is 0.412. The summed E-state index contributed by atoms with van der Waals surface area (Å²) in [6, 6.07) is 0. The fourth-order valence-electron chi connectivity index (χ4n) is 0. The van der Waals surface area contributed by atoms with Gasteiger partial charge in [-0.3, -0.25) is 0 Å². The van der Waals surface area contributed by atoms with Gasteiger partial charge in [0.15, 0.2) is 0 Å². The van der Waals surface area contributed by atoms with Crippen molar-refractivity contribution in [2.24, 2.45) is 0 Å². The van der Waals surface area contributed by atoms with Crippen LogP contribution in [0.2, 0.25) is 0 Å². The van der Waals surface area contributed by atoms with E-state index < -0.39 is 0 Å². The Labute approximate surface area is 50.1 Å². The Kier molecular flexibility index (Phi) is 6.40. The Hall–Kier alpha value is 0.210. The third kappa shape index (κ3) is 2500. The fourth-order valence-corrected chi connectivity index (χ4v) is 0. The number of nitrogens with zero attached hydrogens (tertiary/aromatic N) is 1. The SMILES string of the molecule is C[N+](C)(C)C.[O-]Cl. The molecule has 0 aromatic heterocycles. The van der Waals surface area contributed by atoms with Crippen LogP contribution in [-0.2, 0) is 0 Å². The molecule has 7 heavy (non-hydrogen) atoms. The van der Waals surface area contributed by atoms with E-state index >= 15 is 0 Å². The molecule has 0 amide bonds. The summed E-state index contributed by atoms with van der Waals surface area (Å²) in [6.07, 6.45) is 0. The maximum absolute atomic E-state index is 7.72. The van der Waals surface area contributed by atoms with Gasteiger partial charge in [-0.2, -0.15) is 0 Å². The van der Waals surface area contributed by atoms with Gasteiger partial charge < -0.3 is 9.14 Å². The highest BCUT2D eigenvalue weighted by molar-refractivity contribution is 6.02. The molecule has 0 bridgehead atoms. The van der Waals surface area contributed by atoms with Crippen molar-refractivity contribution in [2.45, 2.75) is 0 Å². The van der Waals surface area contributed by atoms with E-state index in [0.717, 1.165) is 4.48 Å². The molecule has 0 aromatic rings. The van der Waals surface area contributed by atoms with Crippen LogP contribution in [0.1, 0.15) is 0 Å². The van der Waals surface area contributed by atoms with E-state index in [0.29, 0.717) is 0 Å². The molecule has 2 nitrogen and oxygen atoms in total. The Morgan fingerprint density at radius 1 is 1.00 bits per heavy atom. The van der Waals surface area contributed by atoms with E-state index in [1.165, 1.54) is 0 Å². The summed E-state index contributed by atoms with van der Waals surface area (Å²) >= 11 is 3.39. The molecule has 0 rings (SSSR count). The molecule has 0 fully saturated rings. The standard InChI is InChI=1S/C4H12N.ClO/c1-5(2,3)4;1-2/h1-4H3;/q+1;-1. The molecule has 0 radical (unpaired) electrons. The third-order valence-electron chi connectivity index (χ3n) is 0. The van der Waals surface area contributed by atoms with E-state index in [-0.39, 0.29) is 0 Å². The van der Waals surface area contributed by atoms with E-state index in [2.05, 4.69) is 40.1 Å². The van der Waals surface area contributed by atoms with E-state index in [4.69, 9.17) is 4.66 Å². The molecule has 0 aromatic carbocycles. The van der Waals surface area contributed by atoms with Crippen LogP contribution in [0.15, 0.2) is 0 Å². The molecular formula is C4H12ClNO. The minimum absolute atomic E-state index is 1.00. The summed E-state index contributed by atoms with van der Waals surface area (Å²) in [5.74, 6) is 0. The second kappa shape index (κ2) is 4.37. The Bertz CT molecular complexity index is 27.2. The van der Waals surface area contributed by atoms with Crippen LogP contribution in [-0.4, -0.2) is 32.7 Å². The molecule has 0 unspecified atom stereocenters. The van der Waals surface area contributed by atoms with Gasteiger partial charge in [-0.25, -0.2) is 11.9 Å². The zero-order chi connectivity index (χ0) is 6.50. The van der Waals surface area contributed by atoms with Crippen LogP contribution >= 0.6 is 11.9 Å². The first-order valence-electron chi connectivity index (χ1n) is 1.94. The van der Waals surface area contributed by atoms with Crippen LogP contribution in [0.25, 0.3) is 0 Å². The van der Waals surface area contributed by atoms with Crippen molar-refractivity contribution in [3.63, 3.8) is 0 Å². The average molecular weight is 126 g/mol. The Balaban J connectivity index is 0. The third-order valence-corrected chi connectivity index (χ3v) is 0. The monoisotopic (exact) mass is 125 g/mol. The molecule has 0 aliphatic heterocycles. The first-order valence-corrected chi connectivity index (χ1v) is 2.25. The van der Waals surface area contributed by atoms with Crippen molar-refractivity contribution < 1.29 is 9.14 Å². The lowest BCUT2D eigenvalue weighted by Crippen LogP contribution is -2.27. The summed E-state index contributed by atoms with van der Waals surface area (Å²) in [5, 5.41) is 0. The second-order valence-electron chi connectivity index (χ2n) is 2.68. The van der Waals surface area contributed by atoms with Gasteiger partial charge in [-0.15, -0.1) is 0 Å². The van der Waals surface area contributed by atoms with Crippen LogP contribution in [0.3, 0.4) is 0 Å². The van der Waals surface area contributed by atoms with Crippen molar-refractivity contribution in [1.82, 2.24) is 0 Å². The van der Waals surface area contributed by atoms with Gasteiger partial charge in [0, 0.05) is 0 Å². The normalized spacial score (nSPS) is 9.43. The number of rotatable bonds is 0. The van der Waals surface area contributed by atoms with Gasteiger partial charge in [0.2, 0.25) is 0 Å². The molecule has 0 spiro atoms. The smallest absolute Gasteiger partial charge is 0.0675 e. The largest absolute Gasteiger partial charge is 0.769 e. The van der Waals surface area contributed by atoms with Gasteiger partial charge in [0.1, 0.15) is 0 Å². The van der Waals surface area contributed by atoms with Crippen molar-refractivity contribution in [1.29, 1.82) is 0 Å². The van der Waals surface area contributed by atoms with Gasteiger partial charge in [-0.1, -0.05) is 0 Å². The van der Waals surface area contributed by atoms with Crippen molar-refractivity contribution in [3.8, 4) is 0 Å². The summed E-state index contributed by atoms with van der Waals surface area (Å²) in [7, 11) is 8.50. The lowest BCUT2D eigenvalue weighted by molar-refractivity contribution is -0.849.